The highest BCUT2D eigenvalue weighted by atomic mass is 14.9. The molecule has 0 bridgehead atoms. The molecule has 0 saturated heterocycles. The first-order valence-electron chi connectivity index (χ1n) is 8.08. The van der Waals surface area contributed by atoms with Crippen molar-refractivity contribution in [2.24, 2.45) is 0 Å². The van der Waals surface area contributed by atoms with Crippen LogP contribution in [0.1, 0.15) is 48.4 Å². The number of aryl methyl sites for hydroxylation is 3. The lowest BCUT2D eigenvalue weighted by Crippen LogP contribution is -2.01. The monoisotopic (exact) mass is 281 g/mol. The number of hydrogen-bond acceptors (Lipinski definition) is 1. The van der Waals surface area contributed by atoms with Crippen molar-refractivity contribution in [1.29, 1.82) is 0 Å². The molecule has 0 saturated carbocycles. The van der Waals surface area contributed by atoms with E-state index in [-0.39, 0.29) is 0 Å². The molecule has 0 aliphatic carbocycles. The van der Waals surface area contributed by atoms with Crippen LogP contribution in [0.3, 0.4) is 0 Å². The summed E-state index contributed by atoms with van der Waals surface area (Å²) in [6.07, 6.45) is 5.11. The van der Waals surface area contributed by atoms with Gasteiger partial charge in [0.2, 0.25) is 0 Å². The van der Waals surface area contributed by atoms with Crippen LogP contribution >= 0.6 is 0 Å². The Labute approximate surface area is 129 Å². The normalized spacial score (nSPS) is 10.6. The Bertz CT molecular complexity index is 555. The Morgan fingerprint density at radius 1 is 0.905 bits per heavy atom. The molecule has 0 unspecified atom stereocenters. The standard InChI is InChI=1S/C20H27N/c1-4-5-6-7-18-10-12-20(13-11-18)21-15-19-14-16(2)8-9-17(19)3/h8-14,21H,4-7,15H2,1-3H3. The van der Waals surface area contributed by atoms with Crippen molar-refractivity contribution in [2.45, 2.75) is 53.0 Å². The van der Waals surface area contributed by atoms with Gasteiger partial charge in [-0.15, -0.1) is 0 Å². The van der Waals surface area contributed by atoms with E-state index in [2.05, 4.69) is 68.6 Å². The van der Waals surface area contributed by atoms with Crippen LogP contribution in [0.25, 0.3) is 0 Å². The van der Waals surface area contributed by atoms with Gasteiger partial charge < -0.3 is 5.32 Å². The number of rotatable bonds is 7. The van der Waals surface area contributed by atoms with Crippen LogP contribution in [0.15, 0.2) is 42.5 Å². The molecule has 0 heterocycles. The number of benzene rings is 2. The molecule has 21 heavy (non-hydrogen) atoms. The maximum atomic E-state index is 3.52. The van der Waals surface area contributed by atoms with Gasteiger partial charge in [-0.1, -0.05) is 55.7 Å². The molecular weight excluding hydrogens is 254 g/mol. The van der Waals surface area contributed by atoms with E-state index in [0.29, 0.717) is 0 Å². The largest absolute Gasteiger partial charge is 0.381 e. The fourth-order valence-electron chi connectivity index (χ4n) is 2.56. The quantitative estimate of drug-likeness (QED) is 0.647. The summed E-state index contributed by atoms with van der Waals surface area (Å²) in [4.78, 5) is 0. The van der Waals surface area contributed by atoms with Crippen LogP contribution in [-0.2, 0) is 13.0 Å². The molecule has 112 valence electrons. The number of nitrogens with one attached hydrogen (secondary N) is 1. The maximum Gasteiger partial charge on any atom is 0.0403 e. The van der Waals surface area contributed by atoms with E-state index >= 15 is 0 Å². The first kappa shape index (κ1) is 15.6. The second-order valence-corrected chi connectivity index (χ2v) is 5.94. The van der Waals surface area contributed by atoms with Gasteiger partial charge in [-0.3, -0.25) is 0 Å². The van der Waals surface area contributed by atoms with Gasteiger partial charge in [-0.05, 0) is 55.5 Å². The van der Waals surface area contributed by atoms with Crippen molar-refractivity contribution in [2.75, 3.05) is 5.32 Å². The Kier molecular flexibility index (Phi) is 5.86. The van der Waals surface area contributed by atoms with Crippen molar-refractivity contribution in [3.05, 3.63) is 64.7 Å². The summed E-state index contributed by atoms with van der Waals surface area (Å²) in [6.45, 7) is 7.46. The van der Waals surface area contributed by atoms with E-state index in [1.54, 1.807) is 0 Å². The third-order valence-electron chi connectivity index (χ3n) is 4.01. The van der Waals surface area contributed by atoms with Crippen LogP contribution in [0.5, 0.6) is 0 Å². The van der Waals surface area contributed by atoms with Crippen molar-refractivity contribution in [1.82, 2.24) is 0 Å². The zero-order valence-corrected chi connectivity index (χ0v) is 13.6. The van der Waals surface area contributed by atoms with E-state index in [1.807, 2.05) is 0 Å². The zero-order valence-electron chi connectivity index (χ0n) is 13.6. The van der Waals surface area contributed by atoms with Crippen LogP contribution in [0, 0.1) is 13.8 Å². The van der Waals surface area contributed by atoms with E-state index < -0.39 is 0 Å². The van der Waals surface area contributed by atoms with Crippen molar-refractivity contribution in [3.8, 4) is 0 Å². The van der Waals surface area contributed by atoms with Gasteiger partial charge in [0.25, 0.3) is 0 Å². The van der Waals surface area contributed by atoms with Gasteiger partial charge in [0.15, 0.2) is 0 Å². The highest BCUT2D eigenvalue weighted by molar-refractivity contribution is 5.46. The lowest BCUT2D eigenvalue weighted by molar-refractivity contribution is 0.717. The molecule has 0 aromatic heterocycles. The molecule has 0 atom stereocenters. The van der Waals surface area contributed by atoms with Crippen LogP contribution in [0.4, 0.5) is 5.69 Å². The molecule has 1 N–H and O–H groups in total. The highest BCUT2D eigenvalue weighted by Crippen LogP contribution is 2.16. The molecule has 0 fully saturated rings. The molecule has 2 aromatic carbocycles. The van der Waals surface area contributed by atoms with E-state index in [0.717, 1.165) is 6.54 Å². The van der Waals surface area contributed by atoms with Gasteiger partial charge in [0, 0.05) is 12.2 Å². The third kappa shape index (κ3) is 4.93. The summed E-state index contributed by atoms with van der Waals surface area (Å²) in [7, 11) is 0. The molecule has 1 nitrogen and oxygen atoms in total. The van der Waals surface area contributed by atoms with Gasteiger partial charge in [-0.2, -0.15) is 0 Å². The summed E-state index contributed by atoms with van der Waals surface area (Å²) in [5.74, 6) is 0. The Morgan fingerprint density at radius 2 is 1.67 bits per heavy atom. The van der Waals surface area contributed by atoms with Gasteiger partial charge in [0.1, 0.15) is 0 Å². The fourth-order valence-corrected chi connectivity index (χ4v) is 2.56. The molecule has 0 radical (unpaired) electrons. The fraction of sp³-hybridized carbons (Fsp3) is 0.400. The number of unbranched alkanes of at least 4 members (excludes halogenated alkanes) is 2. The van der Waals surface area contributed by atoms with Crippen LogP contribution in [-0.4, -0.2) is 0 Å². The predicted octanol–water partition coefficient (Wildman–Crippen LogP) is 5.65. The molecule has 0 amide bonds. The lowest BCUT2D eigenvalue weighted by Gasteiger charge is -2.10. The minimum Gasteiger partial charge on any atom is -0.381 e. The summed E-state index contributed by atoms with van der Waals surface area (Å²) >= 11 is 0. The van der Waals surface area contributed by atoms with Gasteiger partial charge >= 0.3 is 0 Å². The van der Waals surface area contributed by atoms with E-state index in [9.17, 15) is 0 Å². The Balaban J connectivity index is 1.90. The van der Waals surface area contributed by atoms with Crippen LogP contribution < -0.4 is 5.32 Å². The number of anilines is 1. The molecule has 0 aliphatic heterocycles. The smallest absolute Gasteiger partial charge is 0.0403 e. The minimum absolute atomic E-state index is 0.892. The summed E-state index contributed by atoms with van der Waals surface area (Å²) in [6, 6.07) is 15.5. The molecule has 1 heteroatoms. The Hall–Kier alpha value is -1.76. The molecule has 2 aromatic rings. The second-order valence-electron chi connectivity index (χ2n) is 5.94. The van der Waals surface area contributed by atoms with Gasteiger partial charge in [0.05, 0.1) is 0 Å². The van der Waals surface area contributed by atoms with Crippen molar-refractivity contribution in [3.63, 3.8) is 0 Å². The molecule has 0 spiro atoms. The molecular formula is C20H27N. The topological polar surface area (TPSA) is 12.0 Å². The first-order valence-corrected chi connectivity index (χ1v) is 8.08. The molecule has 2 rings (SSSR count). The van der Waals surface area contributed by atoms with Crippen molar-refractivity contribution < 1.29 is 0 Å². The average molecular weight is 281 g/mol. The average Bonchev–Trinajstić information content (AvgIpc) is 2.50. The van der Waals surface area contributed by atoms with Crippen molar-refractivity contribution >= 4 is 5.69 Å². The summed E-state index contributed by atoms with van der Waals surface area (Å²) in [5, 5.41) is 3.52. The zero-order chi connectivity index (χ0) is 15.1. The van der Waals surface area contributed by atoms with Crippen LogP contribution in [0.2, 0.25) is 0 Å². The Morgan fingerprint density at radius 3 is 2.38 bits per heavy atom. The van der Waals surface area contributed by atoms with Gasteiger partial charge in [-0.25, -0.2) is 0 Å². The predicted molar refractivity (Wildman–Crippen MR) is 92.9 cm³/mol. The molecule has 0 aliphatic rings. The maximum absolute atomic E-state index is 3.52. The van der Waals surface area contributed by atoms with E-state index in [1.165, 1.54) is 53.6 Å². The van der Waals surface area contributed by atoms with E-state index in [4.69, 9.17) is 0 Å². The summed E-state index contributed by atoms with van der Waals surface area (Å²) in [5.41, 5.74) is 6.70. The third-order valence-corrected chi connectivity index (χ3v) is 4.01. The minimum atomic E-state index is 0.892. The lowest BCUT2D eigenvalue weighted by atomic mass is 10.1. The number of hydrogen-bond donors (Lipinski definition) is 1. The summed E-state index contributed by atoms with van der Waals surface area (Å²) < 4.78 is 0. The first-order chi connectivity index (χ1) is 10.2. The SMILES string of the molecule is CCCCCc1ccc(NCc2cc(C)ccc2C)cc1. The highest BCUT2D eigenvalue weighted by Gasteiger charge is 2.00. The second kappa shape index (κ2) is 7.87.